The SMILES string of the molecule is Nc1cc(-c2cnc3ccccn23)ccn1. The Morgan fingerprint density at radius 1 is 1.12 bits per heavy atom. The fourth-order valence-electron chi connectivity index (χ4n) is 1.75. The molecule has 0 saturated heterocycles. The lowest BCUT2D eigenvalue weighted by atomic mass is 10.2. The standard InChI is InChI=1S/C12H10N4/c13-11-7-9(4-5-14-11)10-8-15-12-3-1-2-6-16(10)12/h1-8H,(H2,13,14). The van der Waals surface area contributed by atoms with E-state index in [0.717, 1.165) is 16.9 Å². The molecule has 0 amide bonds. The fraction of sp³-hybridized carbons (Fsp3) is 0. The number of nitrogens with zero attached hydrogens (tertiary/aromatic N) is 3. The maximum absolute atomic E-state index is 5.67. The molecule has 16 heavy (non-hydrogen) atoms. The topological polar surface area (TPSA) is 56.2 Å². The van der Waals surface area contributed by atoms with Crippen LogP contribution >= 0.6 is 0 Å². The first-order chi connectivity index (χ1) is 7.84. The van der Waals surface area contributed by atoms with Gasteiger partial charge in [0.15, 0.2) is 0 Å². The zero-order valence-electron chi connectivity index (χ0n) is 8.54. The molecule has 4 heteroatoms. The number of aromatic nitrogens is 3. The molecule has 3 rings (SSSR count). The molecule has 0 saturated carbocycles. The second-order valence-electron chi connectivity index (χ2n) is 3.54. The number of anilines is 1. The van der Waals surface area contributed by atoms with Gasteiger partial charge in [0.25, 0.3) is 0 Å². The number of fused-ring (bicyclic) bond motifs is 1. The van der Waals surface area contributed by atoms with Crippen LogP contribution in [-0.2, 0) is 0 Å². The molecule has 0 aromatic carbocycles. The maximum Gasteiger partial charge on any atom is 0.137 e. The molecule has 0 fully saturated rings. The highest BCUT2D eigenvalue weighted by Crippen LogP contribution is 2.21. The monoisotopic (exact) mass is 210 g/mol. The van der Waals surface area contributed by atoms with Crippen molar-refractivity contribution >= 4 is 11.5 Å². The van der Waals surface area contributed by atoms with Crippen molar-refractivity contribution in [1.29, 1.82) is 0 Å². The van der Waals surface area contributed by atoms with E-state index in [4.69, 9.17) is 5.73 Å². The van der Waals surface area contributed by atoms with Crippen molar-refractivity contribution in [2.75, 3.05) is 5.73 Å². The summed E-state index contributed by atoms with van der Waals surface area (Å²) >= 11 is 0. The van der Waals surface area contributed by atoms with Gasteiger partial charge in [-0.1, -0.05) is 6.07 Å². The first-order valence-corrected chi connectivity index (χ1v) is 4.98. The van der Waals surface area contributed by atoms with Gasteiger partial charge in [0, 0.05) is 18.0 Å². The Balaban J connectivity index is 2.26. The van der Waals surface area contributed by atoms with Crippen molar-refractivity contribution in [1.82, 2.24) is 14.4 Å². The molecular weight excluding hydrogens is 200 g/mol. The molecule has 0 aliphatic carbocycles. The van der Waals surface area contributed by atoms with Gasteiger partial charge in [0.1, 0.15) is 11.5 Å². The van der Waals surface area contributed by atoms with E-state index in [1.807, 2.05) is 47.1 Å². The van der Waals surface area contributed by atoms with Crippen LogP contribution in [0.1, 0.15) is 0 Å². The third-order valence-electron chi connectivity index (χ3n) is 2.49. The van der Waals surface area contributed by atoms with Crippen LogP contribution in [0.3, 0.4) is 0 Å². The Kier molecular flexibility index (Phi) is 1.86. The number of rotatable bonds is 1. The predicted octanol–water partition coefficient (Wildman–Crippen LogP) is 1.98. The number of nitrogen functional groups attached to an aromatic ring is 1. The molecular formula is C12H10N4. The van der Waals surface area contributed by atoms with Crippen LogP contribution in [0.5, 0.6) is 0 Å². The zero-order chi connectivity index (χ0) is 11.0. The smallest absolute Gasteiger partial charge is 0.137 e. The molecule has 0 spiro atoms. The van der Waals surface area contributed by atoms with Crippen LogP contribution in [0.2, 0.25) is 0 Å². The predicted molar refractivity (Wildman–Crippen MR) is 62.8 cm³/mol. The molecule has 3 heterocycles. The third kappa shape index (κ3) is 1.32. The van der Waals surface area contributed by atoms with Gasteiger partial charge in [-0.3, -0.25) is 4.40 Å². The van der Waals surface area contributed by atoms with Crippen molar-refractivity contribution in [2.45, 2.75) is 0 Å². The Hall–Kier alpha value is -2.36. The minimum atomic E-state index is 0.517. The van der Waals surface area contributed by atoms with E-state index in [0.29, 0.717) is 5.82 Å². The minimum Gasteiger partial charge on any atom is -0.384 e. The van der Waals surface area contributed by atoms with Gasteiger partial charge in [-0.25, -0.2) is 9.97 Å². The molecule has 0 bridgehead atoms. The van der Waals surface area contributed by atoms with Crippen molar-refractivity contribution in [3.05, 3.63) is 48.9 Å². The summed E-state index contributed by atoms with van der Waals surface area (Å²) in [6.07, 6.45) is 5.52. The van der Waals surface area contributed by atoms with Gasteiger partial charge in [0.2, 0.25) is 0 Å². The Labute approximate surface area is 92.4 Å². The van der Waals surface area contributed by atoms with E-state index >= 15 is 0 Å². The van der Waals surface area contributed by atoms with E-state index in [-0.39, 0.29) is 0 Å². The van der Waals surface area contributed by atoms with Gasteiger partial charge >= 0.3 is 0 Å². The third-order valence-corrected chi connectivity index (χ3v) is 2.49. The van der Waals surface area contributed by atoms with Crippen molar-refractivity contribution in [2.24, 2.45) is 0 Å². The number of pyridine rings is 2. The highest BCUT2D eigenvalue weighted by atomic mass is 15.0. The molecule has 0 atom stereocenters. The van der Waals surface area contributed by atoms with Gasteiger partial charge in [-0.2, -0.15) is 0 Å². The Bertz CT molecular complexity index is 642. The first-order valence-electron chi connectivity index (χ1n) is 4.98. The normalized spacial score (nSPS) is 10.8. The maximum atomic E-state index is 5.67. The zero-order valence-corrected chi connectivity index (χ0v) is 8.54. The quantitative estimate of drug-likeness (QED) is 0.668. The molecule has 0 aliphatic rings. The molecule has 0 aliphatic heterocycles. The Morgan fingerprint density at radius 2 is 2.06 bits per heavy atom. The van der Waals surface area contributed by atoms with E-state index in [9.17, 15) is 0 Å². The number of imidazole rings is 1. The number of hydrogen-bond acceptors (Lipinski definition) is 3. The van der Waals surface area contributed by atoms with Gasteiger partial charge in [-0.05, 0) is 24.3 Å². The lowest BCUT2D eigenvalue weighted by Gasteiger charge is -2.01. The highest BCUT2D eigenvalue weighted by Gasteiger charge is 2.04. The Morgan fingerprint density at radius 3 is 2.94 bits per heavy atom. The molecule has 0 radical (unpaired) electrons. The van der Waals surface area contributed by atoms with Crippen LogP contribution in [0.15, 0.2) is 48.9 Å². The number of hydrogen-bond donors (Lipinski definition) is 1. The van der Waals surface area contributed by atoms with E-state index in [1.165, 1.54) is 0 Å². The minimum absolute atomic E-state index is 0.517. The molecule has 0 unspecified atom stereocenters. The average Bonchev–Trinajstić information content (AvgIpc) is 2.72. The number of nitrogens with two attached hydrogens (primary N) is 1. The molecule has 78 valence electrons. The summed E-state index contributed by atoms with van der Waals surface area (Å²) in [7, 11) is 0. The van der Waals surface area contributed by atoms with Gasteiger partial charge < -0.3 is 5.73 Å². The average molecular weight is 210 g/mol. The molecule has 4 nitrogen and oxygen atoms in total. The van der Waals surface area contributed by atoms with Crippen LogP contribution in [0.4, 0.5) is 5.82 Å². The van der Waals surface area contributed by atoms with Crippen molar-refractivity contribution < 1.29 is 0 Å². The fourth-order valence-corrected chi connectivity index (χ4v) is 1.75. The van der Waals surface area contributed by atoms with Crippen LogP contribution in [0, 0.1) is 0 Å². The summed E-state index contributed by atoms with van der Waals surface area (Å²) in [5.41, 5.74) is 8.63. The highest BCUT2D eigenvalue weighted by molar-refractivity contribution is 5.65. The summed E-state index contributed by atoms with van der Waals surface area (Å²) in [4.78, 5) is 8.30. The summed E-state index contributed by atoms with van der Waals surface area (Å²) in [6, 6.07) is 9.67. The second-order valence-corrected chi connectivity index (χ2v) is 3.54. The summed E-state index contributed by atoms with van der Waals surface area (Å²) in [6.45, 7) is 0. The van der Waals surface area contributed by atoms with Crippen LogP contribution in [-0.4, -0.2) is 14.4 Å². The first kappa shape index (κ1) is 8.91. The lowest BCUT2D eigenvalue weighted by molar-refractivity contribution is 1.19. The van der Waals surface area contributed by atoms with Crippen molar-refractivity contribution in [3.8, 4) is 11.3 Å². The summed E-state index contributed by atoms with van der Waals surface area (Å²) in [5, 5.41) is 0. The largest absolute Gasteiger partial charge is 0.384 e. The van der Waals surface area contributed by atoms with E-state index in [2.05, 4.69) is 9.97 Å². The summed E-state index contributed by atoms with van der Waals surface area (Å²) in [5.74, 6) is 0.517. The summed E-state index contributed by atoms with van der Waals surface area (Å²) < 4.78 is 2.02. The van der Waals surface area contributed by atoms with Gasteiger partial charge in [0.05, 0.1) is 11.9 Å². The lowest BCUT2D eigenvalue weighted by Crippen LogP contribution is -1.91. The molecule has 3 aromatic heterocycles. The molecule has 2 N–H and O–H groups in total. The van der Waals surface area contributed by atoms with E-state index in [1.54, 1.807) is 6.20 Å². The van der Waals surface area contributed by atoms with Gasteiger partial charge in [-0.15, -0.1) is 0 Å². The van der Waals surface area contributed by atoms with Crippen LogP contribution in [0.25, 0.3) is 16.9 Å². The second kappa shape index (κ2) is 3.34. The van der Waals surface area contributed by atoms with Crippen LogP contribution < -0.4 is 5.73 Å². The van der Waals surface area contributed by atoms with Crippen molar-refractivity contribution in [3.63, 3.8) is 0 Å². The van der Waals surface area contributed by atoms with E-state index < -0.39 is 0 Å². The molecule has 3 aromatic rings.